The van der Waals surface area contributed by atoms with Gasteiger partial charge >= 0.3 is 6.18 Å². The van der Waals surface area contributed by atoms with Gasteiger partial charge in [-0.15, -0.1) is 0 Å². The minimum Gasteiger partial charge on any atom is -0.496 e. The van der Waals surface area contributed by atoms with Crippen molar-refractivity contribution in [3.05, 3.63) is 64.7 Å². The molecule has 0 saturated carbocycles. The van der Waals surface area contributed by atoms with E-state index in [1.54, 1.807) is 13.0 Å². The summed E-state index contributed by atoms with van der Waals surface area (Å²) >= 11 is 0. The zero-order chi connectivity index (χ0) is 20.9. The van der Waals surface area contributed by atoms with Gasteiger partial charge in [0.05, 0.1) is 25.3 Å². The lowest BCUT2D eigenvalue weighted by molar-refractivity contribution is -0.137. The van der Waals surface area contributed by atoms with Crippen LogP contribution < -0.4 is 15.4 Å². The van der Waals surface area contributed by atoms with Crippen LogP contribution >= 0.6 is 0 Å². The summed E-state index contributed by atoms with van der Waals surface area (Å²) in [6, 6.07) is 9.01. The second kappa shape index (κ2) is 8.77. The summed E-state index contributed by atoms with van der Waals surface area (Å²) in [5.41, 5.74) is 0.995. The third-order valence-corrected chi connectivity index (χ3v) is 4.11. The van der Waals surface area contributed by atoms with Crippen LogP contribution in [0.4, 0.5) is 13.2 Å². The van der Waals surface area contributed by atoms with Crippen LogP contribution in [0, 0.1) is 6.92 Å². The normalized spacial score (nSPS) is 12.2. The average molecular weight is 394 g/mol. The Labute approximate surface area is 160 Å². The van der Waals surface area contributed by atoms with Gasteiger partial charge in [0, 0.05) is 11.1 Å². The quantitative estimate of drug-likeness (QED) is 0.786. The van der Waals surface area contributed by atoms with E-state index in [9.17, 15) is 22.8 Å². The number of hydrogen-bond donors (Lipinski definition) is 2. The molecule has 0 fully saturated rings. The molecule has 5 nitrogen and oxygen atoms in total. The first kappa shape index (κ1) is 21.3. The zero-order valence-corrected chi connectivity index (χ0v) is 15.7. The van der Waals surface area contributed by atoms with Gasteiger partial charge in [-0.05, 0) is 44.2 Å². The molecular weight excluding hydrogens is 373 g/mol. The number of hydrogen-bond acceptors (Lipinski definition) is 3. The highest BCUT2D eigenvalue weighted by Gasteiger charge is 2.30. The van der Waals surface area contributed by atoms with E-state index in [1.807, 2.05) is 19.1 Å². The first-order valence-electron chi connectivity index (χ1n) is 8.51. The smallest absolute Gasteiger partial charge is 0.416 e. The minimum atomic E-state index is -4.47. The van der Waals surface area contributed by atoms with Gasteiger partial charge in [-0.1, -0.05) is 17.7 Å². The third-order valence-electron chi connectivity index (χ3n) is 4.11. The third kappa shape index (κ3) is 5.48. The number of carbonyl (C=O) groups excluding carboxylic acids is 2. The number of aryl methyl sites for hydroxylation is 1. The number of nitrogens with one attached hydrogen (secondary N) is 2. The van der Waals surface area contributed by atoms with Crippen molar-refractivity contribution < 1.29 is 27.5 Å². The highest BCUT2D eigenvalue weighted by molar-refractivity contribution is 5.96. The Morgan fingerprint density at radius 1 is 1.11 bits per heavy atom. The summed E-state index contributed by atoms with van der Waals surface area (Å²) in [5.74, 6) is -0.437. The molecule has 0 unspecified atom stereocenters. The molecule has 28 heavy (non-hydrogen) atoms. The second-order valence-corrected chi connectivity index (χ2v) is 6.29. The largest absolute Gasteiger partial charge is 0.496 e. The molecule has 2 rings (SSSR count). The molecule has 1 atom stereocenters. The van der Waals surface area contributed by atoms with Crippen LogP contribution in [0.15, 0.2) is 42.5 Å². The Balaban J connectivity index is 1.93. The van der Waals surface area contributed by atoms with Gasteiger partial charge in [-0.2, -0.15) is 13.2 Å². The molecule has 2 amide bonds. The molecule has 0 bridgehead atoms. The summed E-state index contributed by atoms with van der Waals surface area (Å²) in [6.07, 6.45) is -4.47. The molecule has 0 saturated heterocycles. The van der Waals surface area contributed by atoms with Crippen LogP contribution in [-0.2, 0) is 11.0 Å². The van der Waals surface area contributed by atoms with Crippen LogP contribution in [0.25, 0.3) is 0 Å². The molecule has 0 aliphatic heterocycles. The fourth-order valence-corrected chi connectivity index (χ4v) is 2.64. The molecule has 2 aromatic carbocycles. The number of alkyl halides is 3. The summed E-state index contributed by atoms with van der Waals surface area (Å²) < 4.78 is 42.9. The van der Waals surface area contributed by atoms with Crippen LogP contribution in [-0.4, -0.2) is 25.5 Å². The average Bonchev–Trinajstić information content (AvgIpc) is 2.65. The Hall–Kier alpha value is -3.03. The molecule has 0 aromatic heterocycles. The predicted molar refractivity (Wildman–Crippen MR) is 98.1 cm³/mol. The van der Waals surface area contributed by atoms with E-state index in [2.05, 4.69) is 10.6 Å². The fourth-order valence-electron chi connectivity index (χ4n) is 2.64. The van der Waals surface area contributed by atoms with Crippen molar-refractivity contribution >= 4 is 11.8 Å². The molecule has 0 aliphatic rings. The van der Waals surface area contributed by atoms with E-state index < -0.39 is 23.6 Å². The Morgan fingerprint density at radius 3 is 2.32 bits per heavy atom. The van der Waals surface area contributed by atoms with Gasteiger partial charge in [-0.3, -0.25) is 9.59 Å². The van der Waals surface area contributed by atoms with Gasteiger partial charge in [0.25, 0.3) is 5.91 Å². The molecule has 8 heteroatoms. The van der Waals surface area contributed by atoms with E-state index >= 15 is 0 Å². The molecule has 0 heterocycles. The Kier molecular flexibility index (Phi) is 6.66. The number of rotatable bonds is 6. The Bertz CT molecular complexity index is 849. The summed E-state index contributed by atoms with van der Waals surface area (Å²) in [5, 5.41) is 5.14. The summed E-state index contributed by atoms with van der Waals surface area (Å²) in [7, 11) is 1.53. The standard InChI is InChI=1S/C20H21F3N2O3/c1-12-4-9-17(28-3)16(10-12)13(2)25-18(26)11-24-19(27)14-5-7-15(8-6-14)20(21,22)23/h4-10,13H,11H2,1-3H3,(H,24,27)(H,25,26)/t13-/m1/s1. The van der Waals surface area contributed by atoms with Crippen LogP contribution in [0.2, 0.25) is 0 Å². The van der Waals surface area contributed by atoms with E-state index in [4.69, 9.17) is 4.74 Å². The van der Waals surface area contributed by atoms with Crippen molar-refractivity contribution in [3.63, 3.8) is 0 Å². The predicted octanol–water partition coefficient (Wildman–Crippen LogP) is 3.63. The SMILES string of the molecule is COc1ccc(C)cc1[C@@H](C)NC(=O)CNC(=O)c1ccc(C(F)(F)F)cc1. The lowest BCUT2D eigenvalue weighted by Gasteiger charge is -2.18. The number of benzene rings is 2. The van der Waals surface area contributed by atoms with Gasteiger partial charge in [-0.25, -0.2) is 0 Å². The van der Waals surface area contributed by atoms with Crippen molar-refractivity contribution in [2.24, 2.45) is 0 Å². The number of ether oxygens (including phenoxy) is 1. The first-order valence-corrected chi connectivity index (χ1v) is 8.51. The van der Waals surface area contributed by atoms with Gasteiger partial charge in [0.15, 0.2) is 0 Å². The van der Waals surface area contributed by atoms with E-state index in [0.29, 0.717) is 5.75 Å². The molecule has 150 valence electrons. The zero-order valence-electron chi connectivity index (χ0n) is 15.7. The van der Waals surface area contributed by atoms with Crippen molar-refractivity contribution in [1.82, 2.24) is 10.6 Å². The fraction of sp³-hybridized carbons (Fsp3) is 0.300. The topological polar surface area (TPSA) is 67.4 Å². The maximum absolute atomic E-state index is 12.6. The maximum atomic E-state index is 12.6. The summed E-state index contributed by atoms with van der Waals surface area (Å²) in [6.45, 7) is 3.40. The van der Waals surface area contributed by atoms with E-state index in [0.717, 1.165) is 35.4 Å². The number of carbonyl (C=O) groups is 2. The van der Waals surface area contributed by atoms with E-state index in [1.165, 1.54) is 7.11 Å². The molecule has 0 spiro atoms. The van der Waals surface area contributed by atoms with Crippen LogP contribution in [0.3, 0.4) is 0 Å². The van der Waals surface area contributed by atoms with Crippen molar-refractivity contribution in [2.75, 3.05) is 13.7 Å². The lowest BCUT2D eigenvalue weighted by Crippen LogP contribution is -2.38. The van der Waals surface area contributed by atoms with Crippen molar-refractivity contribution in [3.8, 4) is 5.75 Å². The van der Waals surface area contributed by atoms with Crippen molar-refractivity contribution in [2.45, 2.75) is 26.1 Å². The number of amides is 2. The molecule has 2 N–H and O–H groups in total. The van der Waals surface area contributed by atoms with E-state index in [-0.39, 0.29) is 18.2 Å². The molecular formula is C20H21F3N2O3. The minimum absolute atomic E-state index is 0.0363. The van der Waals surface area contributed by atoms with Crippen LogP contribution in [0.5, 0.6) is 5.75 Å². The second-order valence-electron chi connectivity index (χ2n) is 6.29. The highest BCUT2D eigenvalue weighted by atomic mass is 19.4. The summed E-state index contributed by atoms with van der Waals surface area (Å²) in [4.78, 5) is 24.1. The monoisotopic (exact) mass is 394 g/mol. The maximum Gasteiger partial charge on any atom is 0.416 e. The van der Waals surface area contributed by atoms with Gasteiger partial charge in [0.2, 0.25) is 5.91 Å². The van der Waals surface area contributed by atoms with Crippen molar-refractivity contribution in [1.29, 1.82) is 0 Å². The Morgan fingerprint density at radius 2 is 1.75 bits per heavy atom. The molecule has 0 radical (unpaired) electrons. The molecule has 2 aromatic rings. The van der Waals surface area contributed by atoms with Crippen LogP contribution in [0.1, 0.15) is 40.0 Å². The number of halogens is 3. The van der Waals surface area contributed by atoms with Gasteiger partial charge < -0.3 is 15.4 Å². The highest BCUT2D eigenvalue weighted by Crippen LogP contribution is 2.29. The first-order chi connectivity index (χ1) is 13.1. The lowest BCUT2D eigenvalue weighted by atomic mass is 10.0. The van der Waals surface area contributed by atoms with Gasteiger partial charge in [0.1, 0.15) is 5.75 Å². The molecule has 0 aliphatic carbocycles. The number of methoxy groups -OCH3 is 1.